The highest BCUT2D eigenvalue weighted by molar-refractivity contribution is 5.82. The van der Waals surface area contributed by atoms with Crippen LogP contribution >= 0.6 is 0 Å². The van der Waals surface area contributed by atoms with E-state index in [1.165, 1.54) is 5.56 Å². The Kier molecular flexibility index (Phi) is 2.75. The van der Waals surface area contributed by atoms with Crippen LogP contribution in [0.3, 0.4) is 0 Å². The van der Waals surface area contributed by atoms with Crippen molar-refractivity contribution in [2.75, 3.05) is 0 Å². The van der Waals surface area contributed by atoms with Crippen LogP contribution in [0.15, 0.2) is 28.4 Å². The highest BCUT2D eigenvalue weighted by Crippen LogP contribution is 2.34. The molecule has 0 bridgehead atoms. The zero-order chi connectivity index (χ0) is 12.5. The van der Waals surface area contributed by atoms with Gasteiger partial charge < -0.3 is 16.2 Å². The minimum Gasteiger partial charge on any atom is -0.487 e. The number of hydrogen-bond acceptors (Lipinski definition) is 3. The number of nitrogens with zero attached hydrogens (tertiary/aromatic N) is 2. The SMILES string of the molecule is CC1(C)Cc2cc(C=NN=C(N)N)ccc2O1. The number of guanidine groups is 1. The van der Waals surface area contributed by atoms with Crippen LogP contribution in [-0.4, -0.2) is 17.8 Å². The topological polar surface area (TPSA) is 86.0 Å². The van der Waals surface area contributed by atoms with Gasteiger partial charge in [-0.15, -0.1) is 5.10 Å². The molecule has 0 aromatic heterocycles. The van der Waals surface area contributed by atoms with Gasteiger partial charge in [0.05, 0.1) is 6.21 Å². The molecule has 0 saturated heterocycles. The maximum absolute atomic E-state index is 5.78. The van der Waals surface area contributed by atoms with Crippen LogP contribution in [0.5, 0.6) is 5.75 Å². The molecule has 0 saturated carbocycles. The summed E-state index contributed by atoms with van der Waals surface area (Å²) in [6.07, 6.45) is 2.51. The highest BCUT2D eigenvalue weighted by atomic mass is 16.5. The van der Waals surface area contributed by atoms with Crippen LogP contribution in [-0.2, 0) is 6.42 Å². The Labute approximate surface area is 100 Å². The molecule has 0 atom stereocenters. The molecule has 4 N–H and O–H groups in total. The molecule has 5 nitrogen and oxygen atoms in total. The van der Waals surface area contributed by atoms with Crippen molar-refractivity contribution in [3.63, 3.8) is 0 Å². The zero-order valence-electron chi connectivity index (χ0n) is 9.97. The van der Waals surface area contributed by atoms with Crippen LogP contribution in [0.25, 0.3) is 0 Å². The van der Waals surface area contributed by atoms with Gasteiger partial charge in [-0.3, -0.25) is 0 Å². The van der Waals surface area contributed by atoms with Gasteiger partial charge in [-0.05, 0) is 43.2 Å². The summed E-state index contributed by atoms with van der Waals surface area (Å²) in [5, 5.41) is 7.33. The van der Waals surface area contributed by atoms with Crippen LogP contribution in [0.1, 0.15) is 25.0 Å². The van der Waals surface area contributed by atoms with E-state index in [4.69, 9.17) is 16.2 Å². The third-order valence-electron chi connectivity index (χ3n) is 2.47. The Morgan fingerprint density at radius 2 is 2.18 bits per heavy atom. The van der Waals surface area contributed by atoms with E-state index in [-0.39, 0.29) is 11.6 Å². The van der Waals surface area contributed by atoms with Gasteiger partial charge in [-0.1, -0.05) is 0 Å². The summed E-state index contributed by atoms with van der Waals surface area (Å²) in [6, 6.07) is 5.91. The molecule has 0 amide bonds. The molecule has 1 aromatic rings. The first-order chi connectivity index (χ1) is 7.96. The first kappa shape index (κ1) is 11.4. The van der Waals surface area contributed by atoms with Crippen LogP contribution in [0, 0.1) is 0 Å². The summed E-state index contributed by atoms with van der Waals surface area (Å²) >= 11 is 0. The Balaban J connectivity index is 2.19. The largest absolute Gasteiger partial charge is 0.487 e. The number of nitrogens with two attached hydrogens (primary N) is 2. The molecule has 0 aliphatic carbocycles. The molecule has 0 spiro atoms. The smallest absolute Gasteiger partial charge is 0.211 e. The summed E-state index contributed by atoms with van der Waals surface area (Å²) in [5.41, 5.74) is 12.4. The second kappa shape index (κ2) is 4.08. The van der Waals surface area contributed by atoms with Gasteiger partial charge in [0.1, 0.15) is 11.4 Å². The maximum Gasteiger partial charge on any atom is 0.211 e. The van der Waals surface area contributed by atoms with E-state index >= 15 is 0 Å². The summed E-state index contributed by atoms with van der Waals surface area (Å²) in [6.45, 7) is 4.14. The van der Waals surface area contributed by atoms with E-state index in [1.54, 1.807) is 6.21 Å². The molecule has 1 aliphatic rings. The highest BCUT2D eigenvalue weighted by Gasteiger charge is 2.29. The molecule has 90 valence electrons. The maximum atomic E-state index is 5.78. The summed E-state index contributed by atoms with van der Waals surface area (Å²) in [5.74, 6) is 0.890. The van der Waals surface area contributed by atoms with Crippen molar-refractivity contribution < 1.29 is 4.74 Å². The standard InChI is InChI=1S/C12H16N4O/c1-12(2)6-9-5-8(3-4-10(9)17-12)7-15-16-11(13)14/h3-5,7H,6H2,1-2H3,(H4,13,14,16). The van der Waals surface area contributed by atoms with E-state index < -0.39 is 0 Å². The van der Waals surface area contributed by atoms with Crippen molar-refractivity contribution in [1.29, 1.82) is 0 Å². The molecule has 0 radical (unpaired) electrons. The van der Waals surface area contributed by atoms with E-state index in [0.29, 0.717) is 0 Å². The van der Waals surface area contributed by atoms with Gasteiger partial charge in [0.15, 0.2) is 0 Å². The molecule has 0 unspecified atom stereocenters. The predicted molar refractivity (Wildman–Crippen MR) is 68.3 cm³/mol. The van der Waals surface area contributed by atoms with Gasteiger partial charge in [0, 0.05) is 6.42 Å². The normalized spacial score (nSPS) is 16.6. The van der Waals surface area contributed by atoms with Crippen LogP contribution in [0.4, 0.5) is 0 Å². The minimum atomic E-state index is -0.127. The summed E-state index contributed by atoms with van der Waals surface area (Å²) in [7, 11) is 0. The van der Waals surface area contributed by atoms with Gasteiger partial charge >= 0.3 is 0 Å². The van der Waals surface area contributed by atoms with Crippen molar-refractivity contribution in [2.45, 2.75) is 25.9 Å². The molecule has 5 heteroatoms. The lowest BCUT2D eigenvalue weighted by molar-refractivity contribution is 0.138. The number of benzene rings is 1. The lowest BCUT2D eigenvalue weighted by Crippen LogP contribution is -2.24. The van der Waals surface area contributed by atoms with Crippen molar-refractivity contribution in [1.82, 2.24) is 0 Å². The number of ether oxygens (including phenoxy) is 1. The average Bonchev–Trinajstić information content (AvgIpc) is 2.50. The molecule has 1 heterocycles. The van der Waals surface area contributed by atoms with Crippen molar-refractivity contribution in [2.24, 2.45) is 21.7 Å². The zero-order valence-corrected chi connectivity index (χ0v) is 9.97. The molecule has 1 aliphatic heterocycles. The molecule has 17 heavy (non-hydrogen) atoms. The van der Waals surface area contributed by atoms with Gasteiger partial charge in [-0.2, -0.15) is 5.10 Å². The van der Waals surface area contributed by atoms with Crippen molar-refractivity contribution >= 4 is 12.2 Å². The van der Waals surface area contributed by atoms with E-state index in [1.807, 2.05) is 18.2 Å². The van der Waals surface area contributed by atoms with E-state index in [0.717, 1.165) is 17.7 Å². The number of rotatable bonds is 2. The van der Waals surface area contributed by atoms with Crippen LogP contribution in [0.2, 0.25) is 0 Å². The third kappa shape index (κ3) is 2.75. The minimum absolute atomic E-state index is 0.0492. The lowest BCUT2D eigenvalue weighted by Gasteiger charge is -2.16. The summed E-state index contributed by atoms with van der Waals surface area (Å²) in [4.78, 5) is 0. The van der Waals surface area contributed by atoms with E-state index in [9.17, 15) is 0 Å². The van der Waals surface area contributed by atoms with Crippen LogP contribution < -0.4 is 16.2 Å². The van der Waals surface area contributed by atoms with Gasteiger partial charge in [0.2, 0.25) is 5.96 Å². The Morgan fingerprint density at radius 1 is 1.41 bits per heavy atom. The van der Waals surface area contributed by atoms with E-state index in [2.05, 4.69) is 24.1 Å². The van der Waals surface area contributed by atoms with Gasteiger partial charge in [0.25, 0.3) is 0 Å². The predicted octanol–water partition coefficient (Wildman–Crippen LogP) is 1.01. The van der Waals surface area contributed by atoms with Crippen molar-refractivity contribution in [3.05, 3.63) is 29.3 Å². The molecule has 2 rings (SSSR count). The fourth-order valence-electron chi connectivity index (χ4n) is 1.87. The quantitative estimate of drug-likeness (QED) is 0.453. The fraction of sp³-hybridized carbons (Fsp3) is 0.333. The lowest BCUT2D eigenvalue weighted by atomic mass is 10.0. The first-order valence-electron chi connectivity index (χ1n) is 5.40. The third-order valence-corrected chi connectivity index (χ3v) is 2.47. The first-order valence-corrected chi connectivity index (χ1v) is 5.40. The molecular weight excluding hydrogens is 216 g/mol. The Hall–Kier alpha value is -2.04. The monoisotopic (exact) mass is 232 g/mol. The Morgan fingerprint density at radius 3 is 2.88 bits per heavy atom. The second-order valence-corrected chi connectivity index (χ2v) is 4.68. The molecular formula is C12H16N4O. The summed E-state index contributed by atoms with van der Waals surface area (Å²) < 4.78 is 5.78. The van der Waals surface area contributed by atoms with Crippen molar-refractivity contribution in [3.8, 4) is 5.75 Å². The Bertz CT molecular complexity index is 487. The second-order valence-electron chi connectivity index (χ2n) is 4.68. The number of fused-ring (bicyclic) bond motifs is 1. The molecule has 1 aromatic carbocycles. The fourth-order valence-corrected chi connectivity index (χ4v) is 1.87. The number of hydrogen-bond donors (Lipinski definition) is 2. The average molecular weight is 232 g/mol. The molecule has 0 fully saturated rings. The van der Waals surface area contributed by atoms with Gasteiger partial charge in [-0.25, -0.2) is 0 Å².